The van der Waals surface area contributed by atoms with Crippen molar-refractivity contribution in [2.75, 3.05) is 11.9 Å². The van der Waals surface area contributed by atoms with E-state index in [2.05, 4.69) is 10.1 Å². The molecule has 3 amide bonds. The van der Waals surface area contributed by atoms with E-state index in [-0.39, 0.29) is 11.4 Å². The van der Waals surface area contributed by atoms with E-state index in [0.717, 1.165) is 4.90 Å². The van der Waals surface area contributed by atoms with Gasteiger partial charge in [0.15, 0.2) is 6.61 Å². The van der Waals surface area contributed by atoms with Gasteiger partial charge in [0, 0.05) is 0 Å². The van der Waals surface area contributed by atoms with Crippen molar-refractivity contribution >= 4 is 29.4 Å². The Labute approximate surface area is 170 Å². The SMILES string of the molecule is C[C@@H](C(=O)OCC(=O)Nc1ccccc1OC(F)F)N1C(=O)[C@H]2CC=CC[C@H]2C1=O. The van der Waals surface area contributed by atoms with Crippen molar-refractivity contribution in [3.8, 4) is 5.75 Å². The topological polar surface area (TPSA) is 102 Å². The van der Waals surface area contributed by atoms with Gasteiger partial charge in [-0.1, -0.05) is 24.3 Å². The fourth-order valence-corrected chi connectivity index (χ4v) is 3.53. The van der Waals surface area contributed by atoms with Crippen LogP contribution in [0.15, 0.2) is 36.4 Å². The number of fused-ring (bicyclic) bond motifs is 1. The van der Waals surface area contributed by atoms with Crippen LogP contribution in [0.1, 0.15) is 19.8 Å². The fourth-order valence-electron chi connectivity index (χ4n) is 3.53. The summed E-state index contributed by atoms with van der Waals surface area (Å²) in [4.78, 5) is 50.3. The molecule has 2 aliphatic rings. The summed E-state index contributed by atoms with van der Waals surface area (Å²) in [5.74, 6) is -3.78. The molecular formula is C20H20F2N2O6. The Morgan fingerprint density at radius 3 is 2.33 bits per heavy atom. The molecule has 0 unspecified atom stereocenters. The second-order valence-electron chi connectivity index (χ2n) is 6.91. The van der Waals surface area contributed by atoms with E-state index in [1.807, 2.05) is 12.2 Å². The molecule has 1 aromatic rings. The largest absolute Gasteiger partial charge is 0.454 e. The molecule has 3 atom stereocenters. The molecule has 30 heavy (non-hydrogen) atoms. The Balaban J connectivity index is 1.56. The number of benzene rings is 1. The van der Waals surface area contributed by atoms with Crippen LogP contribution in [0.5, 0.6) is 5.75 Å². The number of hydrogen-bond acceptors (Lipinski definition) is 6. The number of rotatable bonds is 7. The molecular weight excluding hydrogens is 402 g/mol. The number of para-hydroxylation sites is 2. The minimum absolute atomic E-state index is 0.0200. The summed E-state index contributed by atoms with van der Waals surface area (Å²) in [5, 5.41) is 2.31. The van der Waals surface area contributed by atoms with Crippen molar-refractivity contribution < 1.29 is 37.4 Å². The summed E-state index contributed by atoms with van der Waals surface area (Å²) in [6.45, 7) is -2.44. The first kappa shape index (κ1) is 21.4. The van der Waals surface area contributed by atoms with Crippen LogP contribution in [0.4, 0.5) is 14.5 Å². The number of carbonyl (C=O) groups excluding carboxylic acids is 4. The quantitative estimate of drug-likeness (QED) is 0.410. The van der Waals surface area contributed by atoms with Gasteiger partial charge in [0.05, 0.1) is 17.5 Å². The predicted octanol–water partition coefficient (Wildman–Crippen LogP) is 2.11. The summed E-state index contributed by atoms with van der Waals surface area (Å²) >= 11 is 0. The third kappa shape index (κ3) is 4.47. The molecule has 1 heterocycles. The van der Waals surface area contributed by atoms with Crippen molar-refractivity contribution in [2.24, 2.45) is 11.8 Å². The van der Waals surface area contributed by atoms with Gasteiger partial charge in [-0.3, -0.25) is 19.3 Å². The van der Waals surface area contributed by atoms with E-state index in [9.17, 15) is 28.0 Å². The molecule has 1 N–H and O–H groups in total. The van der Waals surface area contributed by atoms with E-state index in [1.165, 1.54) is 31.2 Å². The number of nitrogens with one attached hydrogen (secondary N) is 1. The lowest BCUT2D eigenvalue weighted by atomic mass is 9.85. The van der Waals surface area contributed by atoms with Crippen LogP contribution in [0.2, 0.25) is 0 Å². The van der Waals surface area contributed by atoms with E-state index in [1.54, 1.807) is 0 Å². The molecule has 1 aliphatic carbocycles. The van der Waals surface area contributed by atoms with Crippen LogP contribution in [0.3, 0.4) is 0 Å². The molecule has 0 radical (unpaired) electrons. The maximum absolute atomic E-state index is 12.5. The average Bonchev–Trinajstić information content (AvgIpc) is 2.97. The monoisotopic (exact) mass is 422 g/mol. The minimum Gasteiger partial charge on any atom is -0.454 e. The number of amides is 3. The van der Waals surface area contributed by atoms with Gasteiger partial charge in [-0.05, 0) is 31.9 Å². The summed E-state index contributed by atoms with van der Waals surface area (Å²) in [7, 11) is 0. The normalized spacial score (nSPS) is 21.4. The maximum atomic E-state index is 12.5. The van der Waals surface area contributed by atoms with Gasteiger partial charge in [0.25, 0.3) is 5.91 Å². The fraction of sp³-hybridized carbons (Fsp3) is 0.400. The highest BCUT2D eigenvalue weighted by Gasteiger charge is 2.50. The molecule has 0 aromatic heterocycles. The first-order valence-corrected chi connectivity index (χ1v) is 9.31. The van der Waals surface area contributed by atoms with Crippen molar-refractivity contribution in [3.05, 3.63) is 36.4 Å². The van der Waals surface area contributed by atoms with E-state index >= 15 is 0 Å². The summed E-state index contributed by atoms with van der Waals surface area (Å²) in [5.41, 5.74) is -0.0200. The first-order valence-electron chi connectivity index (χ1n) is 9.31. The smallest absolute Gasteiger partial charge is 0.387 e. The molecule has 0 spiro atoms. The molecule has 10 heteroatoms. The Morgan fingerprint density at radius 1 is 1.13 bits per heavy atom. The molecule has 0 bridgehead atoms. The predicted molar refractivity (Wildman–Crippen MR) is 99.3 cm³/mol. The van der Waals surface area contributed by atoms with Gasteiger partial charge in [-0.25, -0.2) is 4.79 Å². The number of carbonyl (C=O) groups is 4. The third-order valence-corrected chi connectivity index (χ3v) is 4.99. The standard InChI is InChI=1S/C20H20F2N2O6/c1-11(24-17(26)12-6-2-3-7-13(12)18(24)27)19(28)29-10-16(25)23-14-8-4-5-9-15(14)30-20(21)22/h2-5,8-9,11-13,20H,6-7,10H2,1H3,(H,23,25)/t11-,12-,13+/m0/s1. The van der Waals surface area contributed by atoms with Gasteiger partial charge in [-0.2, -0.15) is 8.78 Å². The lowest BCUT2D eigenvalue weighted by molar-refractivity contribution is -0.159. The Bertz CT molecular complexity index is 862. The van der Waals surface area contributed by atoms with Crippen molar-refractivity contribution in [2.45, 2.75) is 32.4 Å². The zero-order chi connectivity index (χ0) is 21.8. The third-order valence-electron chi connectivity index (χ3n) is 4.99. The second-order valence-corrected chi connectivity index (χ2v) is 6.91. The second kappa shape index (κ2) is 9.02. The van der Waals surface area contributed by atoms with E-state index < -0.39 is 54.8 Å². The number of nitrogens with zero attached hydrogens (tertiary/aromatic N) is 1. The first-order chi connectivity index (χ1) is 14.3. The minimum atomic E-state index is -3.07. The van der Waals surface area contributed by atoms with E-state index in [4.69, 9.17) is 4.74 Å². The molecule has 1 aromatic carbocycles. The van der Waals surface area contributed by atoms with Gasteiger partial charge < -0.3 is 14.8 Å². The molecule has 8 nitrogen and oxygen atoms in total. The zero-order valence-electron chi connectivity index (χ0n) is 16.0. The van der Waals surface area contributed by atoms with Gasteiger partial charge in [-0.15, -0.1) is 0 Å². The average molecular weight is 422 g/mol. The molecule has 1 fully saturated rings. The van der Waals surface area contributed by atoms with Crippen LogP contribution < -0.4 is 10.1 Å². The summed E-state index contributed by atoms with van der Waals surface area (Å²) in [6, 6.07) is 4.36. The highest BCUT2D eigenvalue weighted by molar-refractivity contribution is 6.08. The number of imide groups is 1. The number of halogens is 2. The van der Waals surface area contributed by atoms with Crippen molar-refractivity contribution in [1.82, 2.24) is 4.90 Å². The number of allylic oxidation sites excluding steroid dienone is 2. The molecule has 160 valence electrons. The number of likely N-dealkylation sites (tertiary alicyclic amines) is 1. The lowest BCUT2D eigenvalue weighted by Gasteiger charge is -2.21. The Morgan fingerprint density at radius 2 is 1.73 bits per heavy atom. The van der Waals surface area contributed by atoms with Crippen molar-refractivity contribution in [3.63, 3.8) is 0 Å². The van der Waals surface area contributed by atoms with E-state index in [0.29, 0.717) is 12.8 Å². The number of alkyl halides is 2. The van der Waals surface area contributed by atoms with Crippen LogP contribution in [-0.2, 0) is 23.9 Å². The lowest BCUT2D eigenvalue weighted by Crippen LogP contribution is -2.45. The van der Waals surface area contributed by atoms with Crippen LogP contribution in [-0.4, -0.2) is 47.9 Å². The number of esters is 1. The Kier molecular flexibility index (Phi) is 6.43. The van der Waals surface area contributed by atoms with Gasteiger partial charge in [0.2, 0.25) is 11.8 Å². The van der Waals surface area contributed by atoms with Gasteiger partial charge >= 0.3 is 12.6 Å². The zero-order valence-corrected chi connectivity index (χ0v) is 16.0. The summed E-state index contributed by atoms with van der Waals surface area (Å²) in [6.07, 6.45) is 4.55. The highest BCUT2D eigenvalue weighted by Crippen LogP contribution is 2.36. The molecule has 1 saturated heterocycles. The Hall–Kier alpha value is -3.30. The number of ether oxygens (including phenoxy) is 2. The van der Waals surface area contributed by atoms with Crippen molar-refractivity contribution in [1.29, 1.82) is 0 Å². The van der Waals surface area contributed by atoms with Crippen LogP contribution in [0, 0.1) is 11.8 Å². The molecule has 0 saturated carbocycles. The molecule has 3 rings (SSSR count). The summed E-state index contributed by atoms with van der Waals surface area (Å²) < 4.78 is 34.1. The number of anilines is 1. The van der Waals surface area contributed by atoms with Crippen LogP contribution in [0.25, 0.3) is 0 Å². The maximum Gasteiger partial charge on any atom is 0.387 e. The molecule has 1 aliphatic heterocycles. The number of hydrogen-bond donors (Lipinski definition) is 1. The highest BCUT2D eigenvalue weighted by atomic mass is 19.3. The van der Waals surface area contributed by atoms with Gasteiger partial charge in [0.1, 0.15) is 11.8 Å². The van der Waals surface area contributed by atoms with Crippen LogP contribution >= 0.6 is 0 Å².